The number of carboxylic acids is 2. The zero-order chi connectivity index (χ0) is 37.0. The Morgan fingerprint density at radius 1 is 0.808 bits per heavy atom. The van der Waals surface area contributed by atoms with Crippen LogP contribution in [0.5, 0.6) is 17.2 Å². The number of nitrogens with zero attached hydrogens (tertiary/aromatic N) is 2. The van der Waals surface area contributed by atoms with E-state index in [2.05, 4.69) is 20.9 Å². The summed E-state index contributed by atoms with van der Waals surface area (Å²) in [5.41, 5.74) is 3.48. The number of fused-ring (bicyclic) bond motifs is 1. The molecule has 52 heavy (non-hydrogen) atoms. The van der Waals surface area contributed by atoms with E-state index < -0.39 is 43.1 Å². The molecule has 1 aromatic heterocycles. The average Bonchev–Trinajstić information content (AvgIpc) is 3.61. The molecule has 0 amide bonds. The van der Waals surface area contributed by atoms with Gasteiger partial charge < -0.3 is 40.0 Å². The van der Waals surface area contributed by atoms with Gasteiger partial charge in [0.2, 0.25) is 0 Å². The van der Waals surface area contributed by atoms with E-state index >= 15 is 4.39 Å². The van der Waals surface area contributed by atoms with E-state index in [1.54, 1.807) is 66.7 Å². The summed E-state index contributed by atoms with van der Waals surface area (Å²) >= 11 is 6.58. The van der Waals surface area contributed by atoms with Crippen LogP contribution >= 0.6 is 11.6 Å². The van der Waals surface area contributed by atoms with Gasteiger partial charge in [-0.2, -0.15) is 0 Å². The molecule has 6 N–H and O–H groups in total. The minimum absolute atomic E-state index is 0.00958. The van der Waals surface area contributed by atoms with E-state index in [4.69, 9.17) is 40.7 Å². The molecule has 0 saturated carbocycles. The first-order chi connectivity index (χ1) is 25.2. The number of aliphatic carboxylic acids is 2. The van der Waals surface area contributed by atoms with Crippen LogP contribution in [0.1, 0.15) is 23.1 Å². The van der Waals surface area contributed by atoms with Crippen LogP contribution in [0.4, 0.5) is 4.39 Å². The third-order valence-corrected chi connectivity index (χ3v) is 8.21. The van der Waals surface area contributed by atoms with Crippen LogP contribution in [-0.4, -0.2) is 81.1 Å². The summed E-state index contributed by atoms with van der Waals surface area (Å²) in [6, 6.07) is 17.9. The van der Waals surface area contributed by atoms with Crippen molar-refractivity contribution < 1.29 is 53.2 Å². The van der Waals surface area contributed by atoms with E-state index in [0.717, 1.165) is 5.56 Å². The molecule has 5 aromatic rings. The number of ether oxygens (including phenoxy) is 3. The highest BCUT2D eigenvalue weighted by molar-refractivity contribution is 6.32. The van der Waals surface area contributed by atoms with Gasteiger partial charge in [0, 0.05) is 29.3 Å². The first-order valence-corrected chi connectivity index (χ1v) is 16.5. The number of carbonyl (C=O) groups is 2. The minimum atomic E-state index is -1.23. The standard InChI is InChI=1S/C36H36ClFN4O10/c37-27-14-24(16-40-31(18-44)36(47)48)32(50-19-21-8-9-28-29(12-21)42-52-41-28)15-33(27)51-20-23-5-2-7-26(34(23)38)22-4-1-6-25(13-22)49-11-3-10-39-30(17-43)35(45)46/h1-2,4-9,12-15,30-31,39-40,43-44H,3,10-11,16-20H2,(H,45,46)(H,47,48)/t30?,31-/m1/s1. The van der Waals surface area contributed by atoms with E-state index in [0.29, 0.717) is 52.2 Å². The van der Waals surface area contributed by atoms with Crippen LogP contribution in [0.2, 0.25) is 5.02 Å². The molecule has 0 bridgehead atoms. The summed E-state index contributed by atoms with van der Waals surface area (Å²) in [4.78, 5) is 22.5. The van der Waals surface area contributed by atoms with Gasteiger partial charge in [0.25, 0.3) is 0 Å². The van der Waals surface area contributed by atoms with Gasteiger partial charge in [-0.05, 0) is 64.7 Å². The number of halogens is 2. The third kappa shape index (κ3) is 9.92. The molecule has 5 rings (SSSR count). The van der Waals surface area contributed by atoms with Gasteiger partial charge in [-0.3, -0.25) is 14.9 Å². The second kappa shape index (κ2) is 18.3. The Morgan fingerprint density at radius 3 is 2.31 bits per heavy atom. The van der Waals surface area contributed by atoms with Gasteiger partial charge in [0.1, 0.15) is 59.4 Å². The summed E-state index contributed by atoms with van der Waals surface area (Å²) in [6.45, 7) is -0.681. The summed E-state index contributed by atoms with van der Waals surface area (Å²) < 4.78 is 38.5. The van der Waals surface area contributed by atoms with Gasteiger partial charge in [0.05, 0.1) is 24.8 Å². The zero-order valence-electron chi connectivity index (χ0n) is 27.6. The first-order valence-electron chi connectivity index (χ1n) is 16.1. The number of nitrogens with one attached hydrogen (secondary N) is 2. The van der Waals surface area contributed by atoms with Crippen molar-refractivity contribution in [3.63, 3.8) is 0 Å². The number of hydrogen-bond acceptors (Lipinski definition) is 12. The SMILES string of the molecule is O=C(O)C(CO)NCCCOc1cccc(-c2cccc(COc3cc(OCc4ccc5nonc5c4)c(CN[C@H](CO)C(=O)O)cc3Cl)c2F)c1. The van der Waals surface area contributed by atoms with E-state index in [1.165, 1.54) is 6.07 Å². The molecule has 14 nitrogen and oxygen atoms in total. The second-order valence-electron chi connectivity index (χ2n) is 11.5. The summed E-state index contributed by atoms with van der Waals surface area (Å²) in [5, 5.41) is 50.2. The van der Waals surface area contributed by atoms with Crippen LogP contribution in [0.3, 0.4) is 0 Å². The molecule has 0 aliphatic carbocycles. The van der Waals surface area contributed by atoms with E-state index in [1.807, 2.05) is 0 Å². The number of benzene rings is 4. The molecular formula is C36H36ClFN4O10. The molecule has 4 aromatic carbocycles. The highest BCUT2D eigenvalue weighted by atomic mass is 35.5. The third-order valence-electron chi connectivity index (χ3n) is 7.92. The molecule has 0 aliphatic rings. The quantitative estimate of drug-likeness (QED) is 0.0620. The lowest BCUT2D eigenvalue weighted by Crippen LogP contribution is -2.40. The van der Waals surface area contributed by atoms with Gasteiger partial charge in [-0.25, -0.2) is 9.02 Å². The lowest BCUT2D eigenvalue weighted by atomic mass is 10.0. The maximum atomic E-state index is 15.9. The average molecular weight is 739 g/mol. The lowest BCUT2D eigenvalue weighted by molar-refractivity contribution is -0.141. The predicted molar refractivity (Wildman–Crippen MR) is 186 cm³/mol. The fourth-order valence-corrected chi connectivity index (χ4v) is 5.33. The van der Waals surface area contributed by atoms with Crippen molar-refractivity contribution >= 4 is 34.6 Å². The normalized spacial score (nSPS) is 12.4. The summed E-state index contributed by atoms with van der Waals surface area (Å²) in [7, 11) is 0. The van der Waals surface area contributed by atoms with Crippen LogP contribution < -0.4 is 24.8 Å². The molecule has 16 heteroatoms. The van der Waals surface area contributed by atoms with Crippen molar-refractivity contribution in [3.05, 3.63) is 100 Å². The Hall–Kier alpha value is -5.32. The number of aliphatic hydroxyl groups excluding tert-OH is 2. The van der Waals surface area contributed by atoms with Crippen molar-refractivity contribution in [2.45, 2.75) is 38.3 Å². The molecule has 0 saturated heterocycles. The Labute approximate surface area is 301 Å². The smallest absolute Gasteiger partial charge is 0.323 e. The summed E-state index contributed by atoms with van der Waals surface area (Å²) in [5.74, 6) is -1.88. The number of carboxylic acid groups (broad SMARTS) is 2. The van der Waals surface area contributed by atoms with Gasteiger partial charge in [-0.15, -0.1) is 0 Å². The first kappa shape index (κ1) is 37.9. The van der Waals surface area contributed by atoms with Gasteiger partial charge >= 0.3 is 11.9 Å². The number of rotatable bonds is 20. The van der Waals surface area contributed by atoms with Crippen molar-refractivity contribution in [1.82, 2.24) is 20.9 Å². The van der Waals surface area contributed by atoms with E-state index in [-0.39, 0.29) is 42.7 Å². The minimum Gasteiger partial charge on any atom is -0.494 e. The molecule has 274 valence electrons. The Morgan fingerprint density at radius 2 is 1.54 bits per heavy atom. The molecule has 0 aliphatic heterocycles. The van der Waals surface area contributed by atoms with Crippen LogP contribution in [0.15, 0.2) is 77.4 Å². The molecule has 0 spiro atoms. The molecule has 0 fully saturated rings. The number of aliphatic hydroxyl groups is 2. The van der Waals surface area contributed by atoms with Crippen molar-refractivity contribution in [2.75, 3.05) is 26.4 Å². The zero-order valence-corrected chi connectivity index (χ0v) is 28.4. The van der Waals surface area contributed by atoms with Gasteiger partial charge in [0.15, 0.2) is 0 Å². The van der Waals surface area contributed by atoms with Crippen LogP contribution in [0.25, 0.3) is 22.2 Å². The predicted octanol–water partition coefficient (Wildman–Crippen LogP) is 4.18. The van der Waals surface area contributed by atoms with Crippen LogP contribution in [-0.2, 0) is 29.3 Å². The number of aromatic nitrogens is 2. The Bertz CT molecular complexity index is 1990. The highest BCUT2D eigenvalue weighted by Gasteiger charge is 2.19. The highest BCUT2D eigenvalue weighted by Crippen LogP contribution is 2.35. The van der Waals surface area contributed by atoms with Crippen molar-refractivity contribution in [1.29, 1.82) is 0 Å². The van der Waals surface area contributed by atoms with Crippen LogP contribution in [0, 0.1) is 5.82 Å². The van der Waals surface area contributed by atoms with Crippen molar-refractivity contribution in [3.8, 4) is 28.4 Å². The topological polar surface area (TPSA) is 206 Å². The second-order valence-corrected chi connectivity index (χ2v) is 12.0. The monoisotopic (exact) mass is 738 g/mol. The molecule has 1 unspecified atom stereocenters. The Kier molecular flexibility index (Phi) is 13.3. The van der Waals surface area contributed by atoms with Crippen molar-refractivity contribution in [2.24, 2.45) is 0 Å². The fourth-order valence-electron chi connectivity index (χ4n) is 5.09. The summed E-state index contributed by atoms with van der Waals surface area (Å²) in [6.07, 6.45) is 0.476. The fraction of sp³-hybridized carbons (Fsp3) is 0.278. The molecule has 1 heterocycles. The molecule has 0 radical (unpaired) electrons. The lowest BCUT2D eigenvalue weighted by Gasteiger charge is -2.18. The number of hydrogen-bond donors (Lipinski definition) is 6. The Balaban J connectivity index is 1.28. The largest absolute Gasteiger partial charge is 0.494 e. The molecule has 2 atom stereocenters. The molecular weight excluding hydrogens is 703 g/mol. The van der Waals surface area contributed by atoms with E-state index in [9.17, 15) is 19.8 Å². The maximum Gasteiger partial charge on any atom is 0.323 e. The maximum absolute atomic E-state index is 15.9. The van der Waals surface area contributed by atoms with Gasteiger partial charge in [-0.1, -0.05) is 48.0 Å².